The molecule has 1 saturated heterocycles. The lowest BCUT2D eigenvalue weighted by Gasteiger charge is -2.54. The fourth-order valence-corrected chi connectivity index (χ4v) is 4.31. The predicted octanol–water partition coefficient (Wildman–Crippen LogP) is 3.63. The maximum absolute atomic E-state index is 12.4. The monoisotopic (exact) mass is 376 g/mol. The summed E-state index contributed by atoms with van der Waals surface area (Å²) in [5, 5.41) is 10.1. The van der Waals surface area contributed by atoms with Crippen molar-refractivity contribution in [2.45, 2.75) is 39.3 Å². The van der Waals surface area contributed by atoms with Gasteiger partial charge >= 0.3 is 6.03 Å². The Labute approximate surface area is 156 Å². The third-order valence-electron chi connectivity index (χ3n) is 5.38. The third kappa shape index (κ3) is 2.85. The molecule has 1 saturated carbocycles. The van der Waals surface area contributed by atoms with Crippen molar-refractivity contribution >= 4 is 23.3 Å². The molecular formula is C18H21ClN4O3. The largest absolute Gasteiger partial charge is 0.377 e. The van der Waals surface area contributed by atoms with Crippen molar-refractivity contribution in [3.63, 3.8) is 0 Å². The van der Waals surface area contributed by atoms with Crippen molar-refractivity contribution < 1.29 is 14.1 Å². The maximum atomic E-state index is 12.4. The minimum Gasteiger partial charge on any atom is -0.377 e. The summed E-state index contributed by atoms with van der Waals surface area (Å²) >= 11 is 6.31. The smallest absolute Gasteiger partial charge is 0.319 e. The molecule has 8 heteroatoms. The van der Waals surface area contributed by atoms with E-state index < -0.39 is 0 Å². The first-order valence-corrected chi connectivity index (χ1v) is 9.03. The van der Waals surface area contributed by atoms with Crippen LogP contribution < -0.4 is 10.6 Å². The number of fused-ring (bicyclic) bond motifs is 1. The number of hydrogen-bond acceptors (Lipinski definition) is 5. The SMILES string of the molecule is Cc1noc(-c2ccc(NC(=O)NC3C4CCOC4C3(C)C)c(Cl)c2)n1. The van der Waals surface area contributed by atoms with Gasteiger partial charge in [0.25, 0.3) is 5.89 Å². The van der Waals surface area contributed by atoms with Crippen LogP contribution in [0.1, 0.15) is 26.1 Å². The molecule has 2 aliphatic rings. The van der Waals surface area contributed by atoms with Crippen molar-refractivity contribution in [2.75, 3.05) is 11.9 Å². The van der Waals surface area contributed by atoms with Crippen LogP contribution >= 0.6 is 11.6 Å². The second-order valence-electron chi connectivity index (χ2n) is 7.48. The standard InChI is InChI=1S/C18H21ClN4O3/c1-9-20-16(26-23-9)10-4-5-13(12(19)8-10)21-17(24)22-14-11-6-7-25-15(11)18(14,2)3/h4-5,8,11,14-15H,6-7H2,1-3H3,(H2,21,22,24). The van der Waals surface area contributed by atoms with Crippen LogP contribution in [0.25, 0.3) is 11.5 Å². The molecule has 1 aromatic carbocycles. The fourth-order valence-electron chi connectivity index (χ4n) is 4.08. The summed E-state index contributed by atoms with van der Waals surface area (Å²) in [4.78, 5) is 16.6. The number of aromatic nitrogens is 2. The fraction of sp³-hybridized carbons (Fsp3) is 0.500. The summed E-state index contributed by atoms with van der Waals surface area (Å²) in [6, 6.07) is 5.02. The summed E-state index contributed by atoms with van der Waals surface area (Å²) in [5.41, 5.74) is 1.16. The van der Waals surface area contributed by atoms with Gasteiger partial charge in [-0.1, -0.05) is 30.6 Å². The van der Waals surface area contributed by atoms with E-state index in [2.05, 4.69) is 34.6 Å². The quantitative estimate of drug-likeness (QED) is 0.853. The van der Waals surface area contributed by atoms with Crippen LogP contribution in [0.5, 0.6) is 0 Å². The van der Waals surface area contributed by atoms with Gasteiger partial charge in [0, 0.05) is 29.5 Å². The lowest BCUT2D eigenvalue weighted by molar-refractivity contribution is -0.107. The maximum Gasteiger partial charge on any atom is 0.319 e. The highest BCUT2D eigenvalue weighted by Crippen LogP contribution is 2.52. The lowest BCUT2D eigenvalue weighted by atomic mass is 9.57. The second-order valence-corrected chi connectivity index (χ2v) is 7.89. The Hall–Kier alpha value is -2.12. The highest BCUT2D eigenvalue weighted by Gasteiger charge is 2.59. The summed E-state index contributed by atoms with van der Waals surface area (Å²) < 4.78 is 10.9. The molecule has 2 heterocycles. The number of aryl methyl sites for hydroxylation is 1. The highest BCUT2D eigenvalue weighted by atomic mass is 35.5. The first-order chi connectivity index (χ1) is 12.4. The van der Waals surface area contributed by atoms with Gasteiger partial charge in [-0.05, 0) is 31.5 Å². The number of carbonyl (C=O) groups is 1. The van der Waals surface area contributed by atoms with E-state index in [9.17, 15) is 4.79 Å². The number of ether oxygens (including phenoxy) is 1. The highest BCUT2D eigenvalue weighted by molar-refractivity contribution is 6.34. The first-order valence-electron chi connectivity index (χ1n) is 8.65. The average Bonchev–Trinajstić information content (AvgIpc) is 3.22. The van der Waals surface area contributed by atoms with E-state index in [0.29, 0.717) is 33.9 Å². The van der Waals surface area contributed by atoms with Crippen molar-refractivity contribution in [3.05, 3.63) is 29.0 Å². The van der Waals surface area contributed by atoms with Crippen LogP contribution in [0.3, 0.4) is 0 Å². The van der Waals surface area contributed by atoms with Gasteiger partial charge in [-0.3, -0.25) is 0 Å². The first kappa shape index (κ1) is 17.3. The third-order valence-corrected chi connectivity index (χ3v) is 5.69. The molecule has 4 rings (SSSR count). The number of amides is 2. The molecule has 7 nitrogen and oxygen atoms in total. The molecule has 3 unspecified atom stereocenters. The number of benzene rings is 1. The Bertz CT molecular complexity index is 851. The van der Waals surface area contributed by atoms with Gasteiger partial charge in [-0.25, -0.2) is 4.79 Å². The van der Waals surface area contributed by atoms with E-state index in [1.54, 1.807) is 25.1 Å². The van der Waals surface area contributed by atoms with Crippen molar-refractivity contribution in [1.82, 2.24) is 15.5 Å². The molecule has 0 spiro atoms. The Morgan fingerprint density at radius 2 is 2.19 bits per heavy atom. The van der Waals surface area contributed by atoms with Gasteiger partial charge in [0.1, 0.15) is 0 Å². The van der Waals surface area contributed by atoms with Gasteiger partial charge in [0.05, 0.1) is 16.8 Å². The zero-order chi connectivity index (χ0) is 18.5. The van der Waals surface area contributed by atoms with Crippen LogP contribution in [0.4, 0.5) is 10.5 Å². The molecule has 2 fully saturated rings. The number of nitrogens with one attached hydrogen (secondary N) is 2. The molecule has 1 aliphatic heterocycles. The second kappa shape index (κ2) is 6.25. The predicted molar refractivity (Wildman–Crippen MR) is 97.1 cm³/mol. The number of urea groups is 1. The van der Waals surface area contributed by atoms with Crippen LogP contribution in [-0.4, -0.2) is 34.9 Å². The average molecular weight is 377 g/mol. The van der Waals surface area contributed by atoms with Crippen LogP contribution in [0.15, 0.2) is 22.7 Å². The molecule has 0 bridgehead atoms. The van der Waals surface area contributed by atoms with Crippen molar-refractivity contribution in [1.29, 1.82) is 0 Å². The molecular weight excluding hydrogens is 356 g/mol. The summed E-state index contributed by atoms with van der Waals surface area (Å²) in [6.07, 6.45) is 1.21. The molecule has 1 aromatic heterocycles. The minimum absolute atomic E-state index is 0.0675. The van der Waals surface area contributed by atoms with E-state index in [1.807, 2.05) is 0 Å². The Balaban J connectivity index is 1.43. The van der Waals surface area contributed by atoms with Gasteiger partial charge in [-0.2, -0.15) is 4.98 Å². The van der Waals surface area contributed by atoms with Crippen LogP contribution in [0.2, 0.25) is 5.02 Å². The van der Waals surface area contributed by atoms with Gasteiger partial charge in [0.15, 0.2) is 5.82 Å². The number of carbonyl (C=O) groups excluding carboxylic acids is 1. The summed E-state index contributed by atoms with van der Waals surface area (Å²) in [6.45, 7) is 6.76. The van der Waals surface area contributed by atoms with E-state index in [0.717, 1.165) is 13.0 Å². The Morgan fingerprint density at radius 3 is 2.88 bits per heavy atom. The molecule has 138 valence electrons. The lowest BCUT2D eigenvalue weighted by Crippen LogP contribution is -2.67. The number of anilines is 1. The van der Waals surface area contributed by atoms with Gasteiger partial charge in [-0.15, -0.1) is 0 Å². The number of halogens is 1. The molecule has 2 amide bonds. The number of hydrogen-bond donors (Lipinski definition) is 2. The Kier molecular flexibility index (Phi) is 4.16. The van der Waals surface area contributed by atoms with Gasteiger partial charge in [0.2, 0.25) is 0 Å². The zero-order valence-electron chi connectivity index (χ0n) is 14.9. The number of rotatable bonds is 3. The van der Waals surface area contributed by atoms with Crippen LogP contribution in [0, 0.1) is 18.3 Å². The molecule has 0 radical (unpaired) electrons. The Morgan fingerprint density at radius 1 is 1.38 bits per heavy atom. The van der Waals surface area contributed by atoms with Gasteiger partial charge < -0.3 is 19.9 Å². The molecule has 3 atom stereocenters. The van der Waals surface area contributed by atoms with Crippen LogP contribution in [-0.2, 0) is 4.74 Å². The zero-order valence-corrected chi connectivity index (χ0v) is 15.6. The summed E-state index contributed by atoms with van der Waals surface area (Å²) in [7, 11) is 0. The van der Waals surface area contributed by atoms with E-state index in [-0.39, 0.29) is 23.6 Å². The topological polar surface area (TPSA) is 89.3 Å². The minimum atomic E-state index is -0.267. The van der Waals surface area contributed by atoms with Crippen molar-refractivity contribution in [2.24, 2.45) is 11.3 Å². The van der Waals surface area contributed by atoms with E-state index in [1.165, 1.54) is 0 Å². The number of nitrogens with zero attached hydrogens (tertiary/aromatic N) is 2. The molecule has 2 N–H and O–H groups in total. The van der Waals surface area contributed by atoms with Crippen molar-refractivity contribution in [3.8, 4) is 11.5 Å². The molecule has 26 heavy (non-hydrogen) atoms. The van der Waals surface area contributed by atoms with E-state index in [4.69, 9.17) is 20.9 Å². The molecule has 2 aromatic rings. The normalized spacial score (nSPS) is 26.1. The summed E-state index contributed by atoms with van der Waals surface area (Å²) in [5.74, 6) is 1.33. The van der Waals surface area contributed by atoms with E-state index >= 15 is 0 Å². The molecule has 1 aliphatic carbocycles.